The van der Waals surface area contributed by atoms with Crippen LogP contribution in [0.1, 0.15) is 0 Å². The maximum atomic E-state index is 4.66. The second-order valence-electron chi connectivity index (χ2n) is 4.29. The van der Waals surface area contributed by atoms with Crippen LogP contribution in [-0.2, 0) is 0 Å². The molecule has 3 rings (SSSR count). The zero-order valence-corrected chi connectivity index (χ0v) is 11.7. The van der Waals surface area contributed by atoms with Gasteiger partial charge in [-0.05, 0) is 24.5 Å². The minimum absolute atomic E-state index is 0.954. The molecule has 0 bridgehead atoms. The van der Waals surface area contributed by atoms with Crippen LogP contribution in [0.15, 0.2) is 53.7 Å². The lowest BCUT2D eigenvalue weighted by atomic mass is 10.2. The van der Waals surface area contributed by atoms with Crippen molar-refractivity contribution in [2.45, 2.75) is 4.90 Å². The van der Waals surface area contributed by atoms with E-state index in [-0.39, 0.29) is 0 Å². The molecule has 1 aromatic carbocycles. The fourth-order valence-corrected chi connectivity index (χ4v) is 2.45. The number of benzene rings is 1. The standard InChI is InChI=1S/C15H15N3S/c1-16-12-7-8-18-10-14(17-15(18)9-12)11-3-5-13(19-2)6-4-11/h3-10,16H,1-2H3. The highest BCUT2D eigenvalue weighted by molar-refractivity contribution is 7.98. The average molecular weight is 269 g/mol. The molecule has 0 aliphatic rings. The summed E-state index contributed by atoms with van der Waals surface area (Å²) in [6.07, 6.45) is 6.16. The van der Waals surface area contributed by atoms with Gasteiger partial charge in [0.1, 0.15) is 5.65 Å². The lowest BCUT2D eigenvalue weighted by molar-refractivity contribution is 1.18. The fraction of sp³-hybridized carbons (Fsp3) is 0.133. The van der Waals surface area contributed by atoms with Gasteiger partial charge in [-0.1, -0.05) is 12.1 Å². The highest BCUT2D eigenvalue weighted by atomic mass is 32.2. The Bertz CT molecular complexity index is 701. The van der Waals surface area contributed by atoms with Crippen LogP contribution in [0.2, 0.25) is 0 Å². The molecule has 0 aliphatic carbocycles. The van der Waals surface area contributed by atoms with Crippen LogP contribution < -0.4 is 5.32 Å². The van der Waals surface area contributed by atoms with E-state index in [1.807, 2.05) is 29.8 Å². The summed E-state index contributed by atoms with van der Waals surface area (Å²) in [5.41, 5.74) is 4.17. The Morgan fingerprint density at radius 1 is 1.16 bits per heavy atom. The maximum Gasteiger partial charge on any atom is 0.139 e. The Balaban J connectivity index is 2.04. The van der Waals surface area contributed by atoms with Crippen molar-refractivity contribution in [1.82, 2.24) is 9.38 Å². The minimum Gasteiger partial charge on any atom is -0.388 e. The highest BCUT2D eigenvalue weighted by Crippen LogP contribution is 2.23. The third-order valence-electron chi connectivity index (χ3n) is 3.13. The summed E-state index contributed by atoms with van der Waals surface area (Å²) in [5.74, 6) is 0. The van der Waals surface area contributed by atoms with Gasteiger partial charge in [0.05, 0.1) is 5.69 Å². The lowest BCUT2D eigenvalue weighted by Crippen LogP contribution is -1.89. The first-order valence-electron chi connectivity index (χ1n) is 6.11. The summed E-state index contributed by atoms with van der Waals surface area (Å²) in [5, 5.41) is 3.13. The molecule has 0 aliphatic heterocycles. The Hall–Kier alpha value is -1.94. The topological polar surface area (TPSA) is 29.3 Å². The summed E-state index contributed by atoms with van der Waals surface area (Å²) in [6, 6.07) is 12.6. The monoisotopic (exact) mass is 269 g/mol. The number of hydrogen-bond donors (Lipinski definition) is 1. The molecule has 96 valence electrons. The van der Waals surface area contributed by atoms with Gasteiger partial charge in [-0.3, -0.25) is 0 Å². The van der Waals surface area contributed by atoms with Gasteiger partial charge in [0.15, 0.2) is 0 Å². The molecule has 0 atom stereocenters. The van der Waals surface area contributed by atoms with Crippen molar-refractivity contribution < 1.29 is 0 Å². The van der Waals surface area contributed by atoms with Crippen LogP contribution in [0, 0.1) is 0 Å². The van der Waals surface area contributed by atoms with Gasteiger partial charge < -0.3 is 9.72 Å². The predicted molar refractivity (Wildman–Crippen MR) is 82.0 cm³/mol. The Labute approximate surface area is 116 Å². The molecule has 4 heteroatoms. The van der Waals surface area contributed by atoms with Crippen molar-refractivity contribution in [2.24, 2.45) is 0 Å². The summed E-state index contributed by atoms with van der Waals surface area (Å²) < 4.78 is 2.04. The number of hydrogen-bond acceptors (Lipinski definition) is 3. The van der Waals surface area contributed by atoms with Crippen molar-refractivity contribution in [2.75, 3.05) is 18.6 Å². The molecular formula is C15H15N3S. The van der Waals surface area contributed by atoms with E-state index in [1.165, 1.54) is 4.90 Å². The van der Waals surface area contributed by atoms with E-state index in [9.17, 15) is 0 Å². The molecule has 0 spiro atoms. The number of nitrogens with zero attached hydrogens (tertiary/aromatic N) is 2. The molecule has 2 aromatic heterocycles. The summed E-state index contributed by atoms with van der Waals surface area (Å²) in [6.45, 7) is 0. The number of anilines is 1. The smallest absolute Gasteiger partial charge is 0.139 e. The van der Waals surface area contributed by atoms with Gasteiger partial charge in [-0.25, -0.2) is 4.98 Å². The summed E-state index contributed by atoms with van der Waals surface area (Å²) >= 11 is 1.75. The van der Waals surface area contributed by atoms with E-state index >= 15 is 0 Å². The van der Waals surface area contributed by atoms with Gasteiger partial charge in [-0.15, -0.1) is 11.8 Å². The minimum atomic E-state index is 0.954. The molecule has 0 fully saturated rings. The quantitative estimate of drug-likeness (QED) is 0.734. The highest BCUT2D eigenvalue weighted by Gasteiger charge is 2.04. The average Bonchev–Trinajstić information content (AvgIpc) is 2.90. The molecular weight excluding hydrogens is 254 g/mol. The number of imidazole rings is 1. The van der Waals surface area contributed by atoms with Gasteiger partial charge in [-0.2, -0.15) is 0 Å². The number of thioether (sulfide) groups is 1. The van der Waals surface area contributed by atoms with Crippen LogP contribution >= 0.6 is 11.8 Å². The van der Waals surface area contributed by atoms with Crippen LogP contribution in [0.25, 0.3) is 16.9 Å². The molecule has 1 N–H and O–H groups in total. The number of fused-ring (bicyclic) bond motifs is 1. The molecule has 19 heavy (non-hydrogen) atoms. The molecule has 2 heterocycles. The van der Waals surface area contributed by atoms with E-state index < -0.39 is 0 Å². The van der Waals surface area contributed by atoms with Gasteiger partial charge in [0.2, 0.25) is 0 Å². The third kappa shape index (κ3) is 2.31. The first-order chi connectivity index (χ1) is 9.30. The number of pyridine rings is 1. The van der Waals surface area contributed by atoms with Gasteiger partial charge in [0, 0.05) is 41.7 Å². The van der Waals surface area contributed by atoms with Gasteiger partial charge >= 0.3 is 0 Å². The number of nitrogens with one attached hydrogen (secondary N) is 1. The fourth-order valence-electron chi connectivity index (χ4n) is 2.04. The number of rotatable bonds is 3. The SMILES string of the molecule is CNc1ccn2cc(-c3ccc(SC)cc3)nc2c1. The van der Waals surface area contributed by atoms with Crippen molar-refractivity contribution in [3.05, 3.63) is 48.8 Å². The summed E-state index contributed by atoms with van der Waals surface area (Å²) in [4.78, 5) is 5.93. The first kappa shape index (κ1) is 12.1. The zero-order valence-electron chi connectivity index (χ0n) is 10.9. The number of aromatic nitrogens is 2. The third-order valence-corrected chi connectivity index (χ3v) is 3.88. The van der Waals surface area contributed by atoms with E-state index in [0.717, 1.165) is 22.6 Å². The van der Waals surface area contributed by atoms with Crippen LogP contribution in [0.4, 0.5) is 5.69 Å². The van der Waals surface area contributed by atoms with Gasteiger partial charge in [0.25, 0.3) is 0 Å². The molecule has 0 saturated carbocycles. The van der Waals surface area contributed by atoms with Crippen LogP contribution in [-0.4, -0.2) is 22.7 Å². The molecule has 0 amide bonds. The molecule has 0 saturated heterocycles. The van der Waals surface area contributed by atoms with Crippen LogP contribution in [0.3, 0.4) is 0 Å². The van der Waals surface area contributed by atoms with Crippen molar-refractivity contribution in [3.63, 3.8) is 0 Å². The second-order valence-corrected chi connectivity index (χ2v) is 5.17. The van der Waals surface area contributed by atoms with E-state index in [0.29, 0.717) is 0 Å². The molecule has 0 unspecified atom stereocenters. The summed E-state index contributed by atoms with van der Waals surface area (Å²) in [7, 11) is 1.91. The van der Waals surface area contributed by atoms with Crippen molar-refractivity contribution in [3.8, 4) is 11.3 Å². The largest absolute Gasteiger partial charge is 0.388 e. The zero-order chi connectivity index (χ0) is 13.2. The molecule has 3 nitrogen and oxygen atoms in total. The second kappa shape index (κ2) is 4.97. The lowest BCUT2D eigenvalue weighted by Gasteiger charge is -1.98. The van der Waals surface area contributed by atoms with E-state index in [4.69, 9.17) is 0 Å². The Kier molecular flexibility index (Phi) is 3.17. The van der Waals surface area contributed by atoms with Crippen molar-refractivity contribution >= 4 is 23.1 Å². The Morgan fingerprint density at radius 2 is 1.95 bits per heavy atom. The van der Waals surface area contributed by atoms with Crippen LogP contribution in [0.5, 0.6) is 0 Å². The Morgan fingerprint density at radius 3 is 2.63 bits per heavy atom. The predicted octanol–water partition coefficient (Wildman–Crippen LogP) is 3.76. The maximum absolute atomic E-state index is 4.66. The van der Waals surface area contributed by atoms with E-state index in [1.54, 1.807) is 11.8 Å². The molecule has 3 aromatic rings. The first-order valence-corrected chi connectivity index (χ1v) is 7.33. The molecule has 0 radical (unpaired) electrons. The van der Waals surface area contributed by atoms with Crippen molar-refractivity contribution in [1.29, 1.82) is 0 Å². The van der Waals surface area contributed by atoms with E-state index in [2.05, 4.69) is 47.0 Å². The normalized spacial score (nSPS) is 10.8.